The number of hydrogen-bond acceptors (Lipinski definition) is 2. The predicted octanol–water partition coefficient (Wildman–Crippen LogP) is 2.05. The van der Waals surface area contributed by atoms with Crippen LogP contribution in [0.4, 0.5) is 0 Å². The van der Waals surface area contributed by atoms with Crippen LogP contribution in [0.1, 0.15) is 6.42 Å². The van der Waals surface area contributed by atoms with E-state index in [-0.39, 0.29) is 5.76 Å². The minimum absolute atomic E-state index is 0.141. The van der Waals surface area contributed by atoms with Gasteiger partial charge < -0.3 is 10.4 Å². The van der Waals surface area contributed by atoms with Gasteiger partial charge in [-0.2, -0.15) is 0 Å². The lowest BCUT2D eigenvalue weighted by molar-refractivity contribution is 0.424. The maximum atomic E-state index is 9.16. The van der Waals surface area contributed by atoms with E-state index in [1.165, 1.54) is 0 Å². The lowest BCUT2D eigenvalue weighted by Crippen LogP contribution is -2.03. The van der Waals surface area contributed by atoms with Crippen molar-refractivity contribution in [3.8, 4) is 0 Å². The van der Waals surface area contributed by atoms with Crippen LogP contribution < -0.4 is 5.32 Å². The highest BCUT2D eigenvalue weighted by atomic mass is 16.3. The maximum Gasteiger partial charge on any atom is 0.111 e. The normalized spacial score (nSPS) is 16.1. The largest absolute Gasteiger partial charge is 0.508 e. The fourth-order valence-corrected chi connectivity index (χ4v) is 1.02. The molecule has 0 aromatic carbocycles. The second kappa shape index (κ2) is 3.81. The number of nitrogens with one attached hydrogen (secondary N) is 1. The van der Waals surface area contributed by atoms with E-state index >= 15 is 0 Å². The van der Waals surface area contributed by atoms with E-state index in [9.17, 15) is 0 Å². The molecule has 0 aromatic heterocycles. The molecule has 0 aliphatic heterocycles. The van der Waals surface area contributed by atoms with Crippen molar-refractivity contribution in [2.45, 2.75) is 6.42 Å². The van der Waals surface area contributed by atoms with E-state index in [4.69, 9.17) is 5.11 Å². The topological polar surface area (TPSA) is 32.3 Å². The summed E-state index contributed by atoms with van der Waals surface area (Å²) in [5.41, 5.74) is 1.83. The Morgan fingerprint density at radius 2 is 2.42 bits per heavy atom. The Balaban J connectivity index is 2.90. The van der Waals surface area contributed by atoms with Crippen molar-refractivity contribution in [1.29, 1.82) is 0 Å². The summed E-state index contributed by atoms with van der Waals surface area (Å²) in [4.78, 5) is 0. The van der Waals surface area contributed by atoms with Crippen molar-refractivity contribution in [2.24, 2.45) is 0 Å². The molecule has 0 saturated carbocycles. The molecule has 2 N–H and O–H groups in total. The molecular weight excluding hydrogens is 150 g/mol. The Morgan fingerprint density at radius 3 is 3.00 bits per heavy atom. The van der Waals surface area contributed by atoms with E-state index in [0.717, 1.165) is 17.7 Å². The molecule has 0 aromatic rings. The summed E-state index contributed by atoms with van der Waals surface area (Å²) in [6.07, 6.45) is 8.52. The van der Waals surface area contributed by atoms with Gasteiger partial charge in [-0.15, -0.1) is 0 Å². The molecular formula is C10H13NO. The fraction of sp³-hybridized carbons (Fsp3) is 0.200. The van der Waals surface area contributed by atoms with Crippen LogP contribution in [0.2, 0.25) is 0 Å². The van der Waals surface area contributed by atoms with Crippen LogP contribution >= 0.6 is 0 Å². The van der Waals surface area contributed by atoms with Gasteiger partial charge in [-0.25, -0.2) is 0 Å². The van der Waals surface area contributed by atoms with Crippen LogP contribution in [0, 0.1) is 0 Å². The van der Waals surface area contributed by atoms with Crippen LogP contribution in [0.5, 0.6) is 0 Å². The van der Waals surface area contributed by atoms with E-state index in [1.54, 1.807) is 0 Å². The maximum absolute atomic E-state index is 9.16. The zero-order valence-electron chi connectivity index (χ0n) is 7.17. The van der Waals surface area contributed by atoms with Gasteiger partial charge >= 0.3 is 0 Å². The second-order valence-electron chi connectivity index (χ2n) is 2.62. The standard InChI is InChI=1S/C10H13NO/c1-8(12)9-5-3-4-6-10(7-9)11-2/h3-4,6-7,11-12H,1,5H2,2H3. The summed E-state index contributed by atoms with van der Waals surface area (Å²) >= 11 is 0. The quantitative estimate of drug-likeness (QED) is 0.610. The van der Waals surface area contributed by atoms with Crippen molar-refractivity contribution >= 4 is 0 Å². The molecule has 0 atom stereocenters. The number of aliphatic hydroxyl groups excluding tert-OH is 1. The highest BCUT2D eigenvalue weighted by Crippen LogP contribution is 2.15. The Bertz CT molecular complexity index is 272. The summed E-state index contributed by atoms with van der Waals surface area (Å²) in [5, 5.41) is 12.2. The molecule has 12 heavy (non-hydrogen) atoms. The van der Waals surface area contributed by atoms with Crippen molar-refractivity contribution in [3.05, 3.63) is 47.9 Å². The average molecular weight is 163 g/mol. The molecule has 1 rings (SSSR count). The summed E-state index contributed by atoms with van der Waals surface area (Å²) in [7, 11) is 1.85. The number of hydrogen-bond donors (Lipinski definition) is 2. The van der Waals surface area contributed by atoms with Crippen molar-refractivity contribution in [3.63, 3.8) is 0 Å². The van der Waals surface area contributed by atoms with Crippen molar-refractivity contribution < 1.29 is 5.11 Å². The molecule has 0 bridgehead atoms. The molecule has 2 heteroatoms. The SMILES string of the molecule is C=C(O)C1=CC(NC)=CC=CC1. The molecule has 64 valence electrons. The predicted molar refractivity (Wildman–Crippen MR) is 50.8 cm³/mol. The molecule has 0 saturated heterocycles. The highest BCUT2D eigenvalue weighted by Gasteiger charge is 2.01. The highest BCUT2D eigenvalue weighted by molar-refractivity contribution is 5.37. The molecule has 2 nitrogen and oxygen atoms in total. The van der Waals surface area contributed by atoms with Gasteiger partial charge in [-0.1, -0.05) is 18.7 Å². The lowest BCUT2D eigenvalue weighted by atomic mass is 10.1. The zero-order valence-corrected chi connectivity index (χ0v) is 7.17. The van der Waals surface area contributed by atoms with Crippen LogP contribution in [-0.2, 0) is 0 Å². The smallest absolute Gasteiger partial charge is 0.111 e. The Hall–Kier alpha value is -1.44. The molecule has 0 amide bonds. The fourth-order valence-electron chi connectivity index (χ4n) is 1.02. The molecule has 0 heterocycles. The molecule has 0 radical (unpaired) electrons. The summed E-state index contributed by atoms with van der Waals surface area (Å²) in [6.45, 7) is 3.49. The summed E-state index contributed by atoms with van der Waals surface area (Å²) in [6, 6.07) is 0. The van der Waals surface area contributed by atoms with E-state index < -0.39 is 0 Å². The monoisotopic (exact) mass is 163 g/mol. The Kier molecular flexibility index (Phi) is 2.75. The first kappa shape index (κ1) is 8.65. The van der Waals surface area contributed by atoms with Gasteiger partial charge in [0.25, 0.3) is 0 Å². The van der Waals surface area contributed by atoms with E-state index in [0.29, 0.717) is 0 Å². The van der Waals surface area contributed by atoms with E-state index in [2.05, 4.69) is 11.9 Å². The molecule has 1 aliphatic rings. The van der Waals surface area contributed by atoms with Gasteiger partial charge in [0.15, 0.2) is 0 Å². The molecule has 0 spiro atoms. The van der Waals surface area contributed by atoms with Gasteiger partial charge in [0, 0.05) is 12.7 Å². The first-order valence-corrected chi connectivity index (χ1v) is 3.87. The number of rotatable bonds is 2. The van der Waals surface area contributed by atoms with Gasteiger partial charge in [0.1, 0.15) is 5.76 Å². The van der Waals surface area contributed by atoms with Gasteiger partial charge in [0.05, 0.1) is 0 Å². The third kappa shape index (κ3) is 2.02. The van der Waals surface area contributed by atoms with E-state index in [1.807, 2.05) is 31.4 Å². The average Bonchev–Trinajstić information content (AvgIpc) is 2.28. The first-order valence-electron chi connectivity index (χ1n) is 3.87. The molecule has 1 aliphatic carbocycles. The van der Waals surface area contributed by atoms with Crippen molar-refractivity contribution in [1.82, 2.24) is 5.32 Å². The van der Waals surface area contributed by atoms with Crippen LogP contribution in [0.15, 0.2) is 47.9 Å². The Morgan fingerprint density at radius 1 is 1.67 bits per heavy atom. The third-order valence-corrected chi connectivity index (χ3v) is 1.74. The Labute approximate surface area is 72.6 Å². The molecule has 0 unspecified atom stereocenters. The first-order chi connectivity index (χ1) is 5.74. The van der Waals surface area contributed by atoms with Gasteiger partial charge in [-0.05, 0) is 24.1 Å². The lowest BCUT2D eigenvalue weighted by Gasteiger charge is -2.02. The number of aliphatic hydroxyl groups is 1. The summed E-state index contributed by atoms with van der Waals surface area (Å²) < 4.78 is 0. The third-order valence-electron chi connectivity index (χ3n) is 1.74. The van der Waals surface area contributed by atoms with Crippen LogP contribution in [-0.4, -0.2) is 12.2 Å². The van der Waals surface area contributed by atoms with Crippen LogP contribution in [0.25, 0.3) is 0 Å². The molecule has 0 fully saturated rings. The van der Waals surface area contributed by atoms with Crippen LogP contribution in [0.3, 0.4) is 0 Å². The second-order valence-corrected chi connectivity index (χ2v) is 2.62. The minimum atomic E-state index is 0.141. The summed E-state index contributed by atoms with van der Waals surface area (Å²) in [5.74, 6) is 0.141. The number of allylic oxidation sites excluding steroid dienone is 5. The minimum Gasteiger partial charge on any atom is -0.508 e. The van der Waals surface area contributed by atoms with Crippen molar-refractivity contribution in [2.75, 3.05) is 7.05 Å². The zero-order chi connectivity index (χ0) is 8.97. The van der Waals surface area contributed by atoms with Gasteiger partial charge in [0.2, 0.25) is 0 Å². The van der Waals surface area contributed by atoms with Gasteiger partial charge in [-0.3, -0.25) is 0 Å². The number of likely N-dealkylation sites (N-methyl/N-ethyl adjacent to an activating group) is 1.